The van der Waals surface area contributed by atoms with Gasteiger partial charge in [0.25, 0.3) is 0 Å². The Bertz CT molecular complexity index is 533. The highest BCUT2D eigenvalue weighted by Gasteiger charge is 2.09. The lowest BCUT2D eigenvalue weighted by Crippen LogP contribution is -2.30. The number of aromatic nitrogens is 2. The normalized spacial score (nSPS) is 11.6. The minimum absolute atomic E-state index is 0.698. The van der Waals surface area contributed by atoms with E-state index in [-0.39, 0.29) is 0 Å². The van der Waals surface area contributed by atoms with E-state index >= 15 is 0 Å². The van der Waals surface area contributed by atoms with Crippen LogP contribution in [0.15, 0.2) is 24.5 Å². The summed E-state index contributed by atoms with van der Waals surface area (Å²) in [5.41, 5.74) is 8.43. The number of rotatable bonds is 8. The van der Waals surface area contributed by atoms with Crippen molar-refractivity contribution in [1.82, 2.24) is 14.3 Å². The molecule has 0 fully saturated rings. The Morgan fingerprint density at radius 2 is 1.85 bits per heavy atom. The van der Waals surface area contributed by atoms with Gasteiger partial charge in [-0.25, -0.2) is 4.98 Å². The summed E-state index contributed by atoms with van der Waals surface area (Å²) in [5.74, 6) is 0. The van der Waals surface area contributed by atoms with Crippen molar-refractivity contribution in [2.24, 2.45) is 0 Å². The number of nitrogen functional groups attached to an aromatic ring is 1. The lowest BCUT2D eigenvalue weighted by Gasteiger charge is -2.20. The molecule has 0 radical (unpaired) electrons. The average molecular weight is 278 g/mol. The number of hydrogen-bond acceptors (Lipinski definition) is 5. The van der Waals surface area contributed by atoms with Gasteiger partial charge in [-0.3, -0.25) is 4.90 Å². The molecule has 6 nitrogen and oxygen atoms in total. The number of nitrogens with zero attached hydrogens (tertiary/aromatic N) is 3. The van der Waals surface area contributed by atoms with E-state index in [0.717, 1.165) is 36.7 Å². The molecule has 0 aromatic carbocycles. The van der Waals surface area contributed by atoms with Gasteiger partial charge in [-0.15, -0.1) is 0 Å². The van der Waals surface area contributed by atoms with Crippen LogP contribution >= 0.6 is 0 Å². The number of imidazole rings is 1. The highest BCUT2D eigenvalue weighted by Crippen LogP contribution is 2.10. The number of ether oxygens (including phenoxy) is 2. The molecular formula is C14H22N4O2. The number of methoxy groups -OCH3 is 2. The molecule has 0 unspecified atom stereocenters. The molecule has 0 amide bonds. The van der Waals surface area contributed by atoms with E-state index in [1.807, 2.05) is 28.9 Å². The van der Waals surface area contributed by atoms with Gasteiger partial charge < -0.3 is 19.6 Å². The summed E-state index contributed by atoms with van der Waals surface area (Å²) >= 11 is 0. The third-order valence-electron chi connectivity index (χ3n) is 3.13. The van der Waals surface area contributed by atoms with Crippen LogP contribution < -0.4 is 5.73 Å². The van der Waals surface area contributed by atoms with E-state index in [0.29, 0.717) is 13.2 Å². The highest BCUT2D eigenvalue weighted by atomic mass is 16.5. The van der Waals surface area contributed by atoms with E-state index in [1.54, 1.807) is 14.2 Å². The van der Waals surface area contributed by atoms with E-state index in [4.69, 9.17) is 15.2 Å². The van der Waals surface area contributed by atoms with Crippen molar-refractivity contribution in [3.8, 4) is 0 Å². The van der Waals surface area contributed by atoms with Crippen molar-refractivity contribution in [2.75, 3.05) is 46.3 Å². The van der Waals surface area contributed by atoms with Gasteiger partial charge in [-0.05, 0) is 12.1 Å². The molecule has 0 bridgehead atoms. The van der Waals surface area contributed by atoms with Crippen LogP contribution in [0, 0.1) is 0 Å². The lowest BCUT2D eigenvalue weighted by atomic mass is 10.4. The second-order valence-electron chi connectivity index (χ2n) is 4.72. The smallest absolute Gasteiger partial charge is 0.137 e. The molecule has 2 aromatic heterocycles. The van der Waals surface area contributed by atoms with Crippen LogP contribution in [0.5, 0.6) is 0 Å². The maximum absolute atomic E-state index is 5.77. The number of anilines is 1. The highest BCUT2D eigenvalue weighted by molar-refractivity contribution is 5.48. The maximum Gasteiger partial charge on any atom is 0.137 e. The van der Waals surface area contributed by atoms with Crippen molar-refractivity contribution in [2.45, 2.75) is 6.54 Å². The second-order valence-corrected chi connectivity index (χ2v) is 4.72. The van der Waals surface area contributed by atoms with E-state index < -0.39 is 0 Å². The van der Waals surface area contributed by atoms with Crippen molar-refractivity contribution >= 4 is 11.3 Å². The predicted octanol–water partition coefficient (Wildman–Crippen LogP) is 1.01. The molecule has 2 N–H and O–H groups in total. The fourth-order valence-corrected chi connectivity index (χ4v) is 2.08. The second kappa shape index (κ2) is 7.23. The summed E-state index contributed by atoms with van der Waals surface area (Å²) in [5, 5.41) is 0. The van der Waals surface area contributed by atoms with Gasteiger partial charge in [0, 0.05) is 51.9 Å². The zero-order valence-corrected chi connectivity index (χ0v) is 12.1. The molecule has 0 spiro atoms. The summed E-state index contributed by atoms with van der Waals surface area (Å²) in [4.78, 5) is 6.86. The zero-order chi connectivity index (χ0) is 14.4. The first-order valence-electron chi connectivity index (χ1n) is 6.66. The molecule has 0 saturated carbocycles. The fourth-order valence-electron chi connectivity index (χ4n) is 2.08. The summed E-state index contributed by atoms with van der Waals surface area (Å²) in [6, 6.07) is 3.78. The molecular weight excluding hydrogens is 256 g/mol. The Morgan fingerprint density at radius 1 is 1.15 bits per heavy atom. The standard InChI is InChI=1S/C14H22N4O2/c1-19-7-5-17(6-8-20-2)10-13-11-18-9-12(15)3-4-14(18)16-13/h3-4,9,11H,5-8,10,15H2,1-2H3. The Balaban J connectivity index is 2.06. The van der Waals surface area contributed by atoms with Crippen LogP contribution in [0.3, 0.4) is 0 Å². The fraction of sp³-hybridized carbons (Fsp3) is 0.500. The van der Waals surface area contributed by atoms with Crippen LogP contribution in [0.4, 0.5) is 5.69 Å². The average Bonchev–Trinajstić information content (AvgIpc) is 2.83. The Labute approximate surface area is 119 Å². The minimum Gasteiger partial charge on any atom is -0.398 e. The molecule has 0 atom stereocenters. The van der Waals surface area contributed by atoms with Gasteiger partial charge >= 0.3 is 0 Å². The molecule has 20 heavy (non-hydrogen) atoms. The SMILES string of the molecule is COCCN(CCOC)Cc1cn2cc(N)ccc2n1. The van der Waals surface area contributed by atoms with Gasteiger partial charge in [0.2, 0.25) is 0 Å². The molecule has 0 aliphatic carbocycles. The van der Waals surface area contributed by atoms with Crippen molar-refractivity contribution in [3.05, 3.63) is 30.2 Å². The predicted molar refractivity (Wildman–Crippen MR) is 78.6 cm³/mol. The molecule has 110 valence electrons. The van der Waals surface area contributed by atoms with Gasteiger partial charge in [0.15, 0.2) is 0 Å². The molecule has 0 aliphatic heterocycles. The van der Waals surface area contributed by atoms with Crippen molar-refractivity contribution in [3.63, 3.8) is 0 Å². The van der Waals surface area contributed by atoms with Crippen LogP contribution in [-0.4, -0.2) is 54.8 Å². The Kier molecular flexibility index (Phi) is 5.34. The molecule has 2 heterocycles. The molecule has 0 saturated heterocycles. The van der Waals surface area contributed by atoms with Crippen LogP contribution in [0.25, 0.3) is 5.65 Å². The lowest BCUT2D eigenvalue weighted by molar-refractivity contribution is 0.109. The van der Waals surface area contributed by atoms with Gasteiger partial charge in [0.1, 0.15) is 5.65 Å². The number of hydrogen-bond donors (Lipinski definition) is 1. The minimum atomic E-state index is 0.698. The topological polar surface area (TPSA) is 65.0 Å². The van der Waals surface area contributed by atoms with Crippen molar-refractivity contribution in [1.29, 1.82) is 0 Å². The number of nitrogens with two attached hydrogens (primary N) is 1. The first-order valence-corrected chi connectivity index (χ1v) is 6.66. The zero-order valence-electron chi connectivity index (χ0n) is 12.1. The summed E-state index contributed by atoms with van der Waals surface area (Å²) < 4.78 is 12.2. The Morgan fingerprint density at radius 3 is 2.50 bits per heavy atom. The molecule has 2 aromatic rings. The van der Waals surface area contributed by atoms with Gasteiger partial charge in [-0.1, -0.05) is 0 Å². The monoisotopic (exact) mass is 278 g/mol. The summed E-state index contributed by atoms with van der Waals surface area (Å²) in [7, 11) is 3.42. The summed E-state index contributed by atoms with van der Waals surface area (Å²) in [6.07, 6.45) is 3.89. The third kappa shape index (κ3) is 3.93. The van der Waals surface area contributed by atoms with E-state index in [9.17, 15) is 0 Å². The molecule has 6 heteroatoms. The molecule has 2 rings (SSSR count). The first kappa shape index (κ1) is 14.8. The quantitative estimate of drug-likeness (QED) is 0.780. The largest absolute Gasteiger partial charge is 0.398 e. The third-order valence-corrected chi connectivity index (χ3v) is 3.13. The van der Waals surface area contributed by atoms with Crippen LogP contribution in [0.1, 0.15) is 5.69 Å². The molecule has 0 aliphatic rings. The Hall–Kier alpha value is -1.63. The van der Waals surface area contributed by atoms with E-state index in [2.05, 4.69) is 9.88 Å². The van der Waals surface area contributed by atoms with Crippen molar-refractivity contribution < 1.29 is 9.47 Å². The van der Waals surface area contributed by atoms with Crippen LogP contribution in [0.2, 0.25) is 0 Å². The van der Waals surface area contributed by atoms with Crippen LogP contribution in [-0.2, 0) is 16.0 Å². The van der Waals surface area contributed by atoms with Gasteiger partial charge in [-0.2, -0.15) is 0 Å². The number of pyridine rings is 1. The number of fused-ring (bicyclic) bond motifs is 1. The van der Waals surface area contributed by atoms with Gasteiger partial charge in [0.05, 0.1) is 18.9 Å². The van der Waals surface area contributed by atoms with E-state index in [1.165, 1.54) is 0 Å². The first-order chi connectivity index (χ1) is 9.72. The summed E-state index contributed by atoms with van der Waals surface area (Å²) in [6.45, 7) is 3.88. The maximum atomic E-state index is 5.77.